The summed E-state index contributed by atoms with van der Waals surface area (Å²) in [6, 6.07) is 8.33. The van der Waals surface area contributed by atoms with Crippen LogP contribution in [0.3, 0.4) is 0 Å². The van der Waals surface area contributed by atoms with Crippen molar-refractivity contribution in [2.45, 2.75) is 31.5 Å². The van der Waals surface area contributed by atoms with Gasteiger partial charge >= 0.3 is 0 Å². The molecule has 0 bridgehead atoms. The molecule has 0 aromatic heterocycles. The van der Waals surface area contributed by atoms with Crippen LogP contribution in [-0.4, -0.2) is 13.3 Å². The van der Waals surface area contributed by atoms with Crippen LogP contribution in [0.25, 0.3) is 0 Å². The smallest absolute Gasteiger partial charge is 0.289 e. The Labute approximate surface area is 150 Å². The van der Waals surface area contributed by atoms with Crippen LogP contribution >= 0.6 is 11.6 Å². The molecule has 1 aliphatic rings. The highest BCUT2D eigenvalue weighted by molar-refractivity contribution is 7.89. The van der Waals surface area contributed by atoms with Gasteiger partial charge in [-0.05, 0) is 35.2 Å². The average molecular weight is 382 g/mol. The van der Waals surface area contributed by atoms with Crippen LogP contribution in [0.15, 0.2) is 35.2 Å². The van der Waals surface area contributed by atoms with Gasteiger partial charge < -0.3 is 5.32 Å². The highest BCUT2D eigenvalue weighted by Crippen LogP contribution is 2.32. The van der Waals surface area contributed by atoms with Gasteiger partial charge in [-0.2, -0.15) is 0 Å². The van der Waals surface area contributed by atoms with Gasteiger partial charge in [0.15, 0.2) is 0 Å². The number of benzene rings is 2. The third kappa shape index (κ3) is 3.67. The van der Waals surface area contributed by atoms with Crippen LogP contribution in [-0.2, 0) is 29.7 Å². The first-order valence-electron chi connectivity index (χ1n) is 7.53. The standard InChI is InChI=1S/C16H16ClN3O4S/c1-10-4-14(20(21)22)16(17)15(5-10)25(23,24)19-7-11-2-3-12-8-18-9-13(12)6-11/h2-6,18-19H,7-9H2,1H3. The van der Waals surface area contributed by atoms with Gasteiger partial charge in [0.05, 0.1) is 4.92 Å². The summed E-state index contributed by atoms with van der Waals surface area (Å²) < 4.78 is 27.6. The first-order valence-corrected chi connectivity index (χ1v) is 9.39. The number of sulfonamides is 1. The van der Waals surface area contributed by atoms with Crippen molar-refractivity contribution in [3.05, 3.63) is 67.7 Å². The highest BCUT2D eigenvalue weighted by atomic mass is 35.5. The predicted octanol–water partition coefficient (Wildman–Crippen LogP) is 2.64. The van der Waals surface area contributed by atoms with E-state index in [1.54, 1.807) is 6.92 Å². The highest BCUT2D eigenvalue weighted by Gasteiger charge is 2.25. The number of nitrogens with zero attached hydrogens (tertiary/aromatic N) is 1. The lowest BCUT2D eigenvalue weighted by atomic mass is 10.1. The van der Waals surface area contributed by atoms with Gasteiger partial charge in [-0.1, -0.05) is 29.8 Å². The molecule has 25 heavy (non-hydrogen) atoms. The number of nitro groups is 1. The fourth-order valence-electron chi connectivity index (χ4n) is 2.76. The van der Waals surface area contributed by atoms with E-state index in [9.17, 15) is 18.5 Å². The largest absolute Gasteiger partial charge is 0.309 e. The van der Waals surface area contributed by atoms with Crippen molar-refractivity contribution in [3.8, 4) is 0 Å². The number of rotatable bonds is 5. The van der Waals surface area contributed by atoms with Gasteiger partial charge in [0.2, 0.25) is 10.0 Å². The van der Waals surface area contributed by atoms with Crippen LogP contribution < -0.4 is 10.0 Å². The first kappa shape index (κ1) is 17.8. The minimum Gasteiger partial charge on any atom is -0.309 e. The Morgan fingerprint density at radius 3 is 2.68 bits per heavy atom. The van der Waals surface area contributed by atoms with Crippen LogP contribution in [0.2, 0.25) is 5.02 Å². The summed E-state index contributed by atoms with van der Waals surface area (Å²) in [6.45, 7) is 3.22. The fourth-order valence-corrected chi connectivity index (χ4v) is 4.44. The molecular formula is C16H16ClN3O4S. The predicted molar refractivity (Wildman–Crippen MR) is 93.9 cm³/mol. The van der Waals surface area contributed by atoms with Crippen LogP contribution in [0, 0.1) is 17.0 Å². The van der Waals surface area contributed by atoms with E-state index in [1.165, 1.54) is 17.7 Å². The summed E-state index contributed by atoms with van der Waals surface area (Å²) in [5.74, 6) is 0. The molecule has 3 rings (SSSR count). The van der Waals surface area contributed by atoms with Gasteiger partial charge in [-0.15, -0.1) is 0 Å². The molecule has 2 aromatic rings. The Morgan fingerprint density at radius 2 is 1.96 bits per heavy atom. The van der Waals surface area contributed by atoms with Crippen molar-refractivity contribution < 1.29 is 13.3 Å². The number of hydrogen-bond acceptors (Lipinski definition) is 5. The minimum absolute atomic E-state index is 0.0771. The number of nitrogens with one attached hydrogen (secondary N) is 2. The number of hydrogen-bond donors (Lipinski definition) is 2. The molecule has 7 nitrogen and oxygen atoms in total. The van der Waals surface area contributed by atoms with Crippen molar-refractivity contribution in [1.29, 1.82) is 0 Å². The van der Waals surface area contributed by atoms with Crippen molar-refractivity contribution in [2.75, 3.05) is 0 Å². The van der Waals surface area contributed by atoms with Gasteiger partial charge in [0, 0.05) is 25.7 Å². The van der Waals surface area contributed by atoms with Gasteiger partial charge in [-0.25, -0.2) is 13.1 Å². The summed E-state index contributed by atoms with van der Waals surface area (Å²) in [4.78, 5) is 10.1. The zero-order chi connectivity index (χ0) is 18.2. The molecule has 0 radical (unpaired) electrons. The maximum absolute atomic E-state index is 12.6. The van der Waals surface area contributed by atoms with Crippen LogP contribution in [0.5, 0.6) is 0 Å². The van der Waals surface area contributed by atoms with E-state index in [0.29, 0.717) is 5.56 Å². The fraction of sp³-hybridized carbons (Fsp3) is 0.250. The zero-order valence-electron chi connectivity index (χ0n) is 13.4. The van der Waals surface area contributed by atoms with E-state index in [-0.39, 0.29) is 16.5 Å². The maximum Gasteiger partial charge on any atom is 0.289 e. The SMILES string of the molecule is Cc1cc([N+](=O)[O-])c(Cl)c(S(=O)(=O)NCc2ccc3c(c2)CNC3)c1. The van der Waals surface area contributed by atoms with E-state index < -0.39 is 20.6 Å². The molecule has 1 aliphatic heterocycles. The van der Waals surface area contributed by atoms with Gasteiger partial charge in [-0.3, -0.25) is 10.1 Å². The molecule has 132 valence electrons. The molecule has 0 fully saturated rings. The van der Waals surface area contributed by atoms with Crippen molar-refractivity contribution in [1.82, 2.24) is 10.0 Å². The molecule has 0 amide bonds. The average Bonchev–Trinajstić information content (AvgIpc) is 3.02. The number of aryl methyl sites for hydroxylation is 1. The summed E-state index contributed by atoms with van der Waals surface area (Å²) in [5.41, 5.74) is 3.17. The summed E-state index contributed by atoms with van der Waals surface area (Å²) in [7, 11) is -3.98. The third-order valence-corrected chi connectivity index (χ3v) is 5.95. The van der Waals surface area contributed by atoms with Crippen molar-refractivity contribution in [2.24, 2.45) is 0 Å². The van der Waals surface area contributed by atoms with E-state index in [2.05, 4.69) is 10.0 Å². The topological polar surface area (TPSA) is 101 Å². The normalized spacial score (nSPS) is 13.7. The van der Waals surface area contributed by atoms with E-state index in [1.807, 2.05) is 18.2 Å². The maximum atomic E-state index is 12.6. The molecule has 2 N–H and O–H groups in total. The lowest BCUT2D eigenvalue weighted by molar-refractivity contribution is -0.385. The Morgan fingerprint density at radius 1 is 1.24 bits per heavy atom. The first-order chi connectivity index (χ1) is 11.8. The van der Waals surface area contributed by atoms with Crippen molar-refractivity contribution in [3.63, 3.8) is 0 Å². The van der Waals surface area contributed by atoms with Gasteiger partial charge in [0.1, 0.15) is 9.92 Å². The lowest BCUT2D eigenvalue weighted by Gasteiger charge is -2.10. The Balaban J connectivity index is 1.86. The molecule has 0 saturated carbocycles. The number of halogens is 1. The Bertz CT molecular complexity index is 960. The number of nitro benzene ring substituents is 1. The molecular weight excluding hydrogens is 366 g/mol. The lowest BCUT2D eigenvalue weighted by Crippen LogP contribution is -2.24. The second-order valence-electron chi connectivity index (χ2n) is 5.88. The second kappa shape index (κ2) is 6.72. The molecule has 0 saturated heterocycles. The summed E-state index contributed by atoms with van der Waals surface area (Å²) in [5, 5.41) is 13.9. The molecule has 0 spiro atoms. The number of fused-ring (bicyclic) bond motifs is 1. The molecule has 1 heterocycles. The van der Waals surface area contributed by atoms with Crippen LogP contribution in [0.4, 0.5) is 5.69 Å². The monoisotopic (exact) mass is 381 g/mol. The Hall–Kier alpha value is -2.00. The quantitative estimate of drug-likeness (QED) is 0.612. The minimum atomic E-state index is -3.98. The second-order valence-corrected chi connectivity index (χ2v) is 8.00. The third-order valence-electron chi connectivity index (χ3n) is 4.02. The molecule has 2 aromatic carbocycles. The van der Waals surface area contributed by atoms with Crippen molar-refractivity contribution >= 4 is 27.3 Å². The zero-order valence-corrected chi connectivity index (χ0v) is 14.9. The molecule has 0 aliphatic carbocycles. The van der Waals surface area contributed by atoms with E-state index in [4.69, 9.17) is 11.6 Å². The Kier molecular flexibility index (Phi) is 4.79. The summed E-state index contributed by atoms with van der Waals surface area (Å²) in [6.07, 6.45) is 0. The van der Waals surface area contributed by atoms with E-state index in [0.717, 1.165) is 24.2 Å². The molecule has 0 unspecified atom stereocenters. The molecule has 0 atom stereocenters. The van der Waals surface area contributed by atoms with Crippen LogP contribution in [0.1, 0.15) is 22.3 Å². The summed E-state index contributed by atoms with van der Waals surface area (Å²) >= 11 is 5.95. The molecule has 9 heteroatoms. The van der Waals surface area contributed by atoms with E-state index >= 15 is 0 Å². The van der Waals surface area contributed by atoms with Gasteiger partial charge in [0.25, 0.3) is 5.69 Å².